The van der Waals surface area contributed by atoms with Crippen LogP contribution in [0.2, 0.25) is 5.02 Å². The number of carbonyl (C=O) groups is 2. The van der Waals surface area contributed by atoms with E-state index in [-0.39, 0.29) is 0 Å². The molecule has 3 aromatic rings. The predicted octanol–water partition coefficient (Wildman–Crippen LogP) is 4.33. The average Bonchev–Trinajstić information content (AvgIpc) is 3.02. The monoisotopic (exact) mass is 397 g/mol. The molecule has 0 aliphatic heterocycles. The SMILES string of the molecule is Cc1ccc(C)n1-c1ccc(C(=O)O[C@@H](C)C(=O)Nc2ccc(Cl)cn2)cc1. The number of benzene rings is 1. The molecule has 1 N–H and O–H groups in total. The van der Waals surface area contributed by atoms with Crippen LogP contribution in [0.25, 0.3) is 5.69 Å². The van der Waals surface area contributed by atoms with Gasteiger partial charge in [-0.1, -0.05) is 11.6 Å². The quantitative estimate of drug-likeness (QED) is 0.650. The van der Waals surface area contributed by atoms with Crippen molar-refractivity contribution >= 4 is 29.3 Å². The molecular weight excluding hydrogens is 378 g/mol. The van der Waals surface area contributed by atoms with E-state index < -0.39 is 18.0 Å². The van der Waals surface area contributed by atoms with Crippen molar-refractivity contribution in [2.24, 2.45) is 0 Å². The summed E-state index contributed by atoms with van der Waals surface area (Å²) in [4.78, 5) is 28.5. The van der Waals surface area contributed by atoms with Gasteiger partial charge < -0.3 is 14.6 Å². The van der Waals surface area contributed by atoms with Gasteiger partial charge >= 0.3 is 5.97 Å². The van der Waals surface area contributed by atoms with Crippen LogP contribution in [-0.2, 0) is 9.53 Å². The van der Waals surface area contributed by atoms with Crippen LogP contribution in [0.5, 0.6) is 0 Å². The van der Waals surface area contributed by atoms with Crippen molar-refractivity contribution < 1.29 is 14.3 Å². The number of amides is 1. The zero-order valence-electron chi connectivity index (χ0n) is 15.8. The maximum absolute atomic E-state index is 12.3. The summed E-state index contributed by atoms with van der Waals surface area (Å²) in [6, 6.07) is 14.3. The molecule has 6 nitrogen and oxygen atoms in total. The van der Waals surface area contributed by atoms with Crippen molar-refractivity contribution in [3.8, 4) is 5.69 Å². The van der Waals surface area contributed by atoms with Gasteiger partial charge in [0.05, 0.1) is 10.6 Å². The van der Waals surface area contributed by atoms with E-state index in [9.17, 15) is 9.59 Å². The fraction of sp³-hybridized carbons (Fsp3) is 0.190. The molecule has 7 heteroatoms. The van der Waals surface area contributed by atoms with Gasteiger partial charge in [-0.25, -0.2) is 9.78 Å². The van der Waals surface area contributed by atoms with E-state index in [0.29, 0.717) is 16.4 Å². The molecule has 1 atom stereocenters. The van der Waals surface area contributed by atoms with Gasteiger partial charge in [0.15, 0.2) is 6.10 Å². The van der Waals surface area contributed by atoms with Gasteiger partial charge in [-0.05, 0) is 69.3 Å². The van der Waals surface area contributed by atoms with Crippen LogP contribution in [0.1, 0.15) is 28.7 Å². The summed E-state index contributed by atoms with van der Waals surface area (Å²) < 4.78 is 7.35. The average molecular weight is 398 g/mol. The largest absolute Gasteiger partial charge is 0.449 e. The second-order valence-electron chi connectivity index (χ2n) is 6.40. The van der Waals surface area contributed by atoms with Crippen LogP contribution >= 0.6 is 11.6 Å². The van der Waals surface area contributed by atoms with Crippen molar-refractivity contribution in [1.82, 2.24) is 9.55 Å². The standard InChI is InChI=1S/C21H20ClN3O3/c1-13-4-5-14(2)25(13)18-9-6-16(7-10-18)21(27)28-15(3)20(26)24-19-11-8-17(22)12-23-19/h4-12,15H,1-3H3,(H,23,24,26)/t15-/m0/s1. The molecule has 1 amide bonds. The van der Waals surface area contributed by atoms with Crippen LogP contribution in [0, 0.1) is 13.8 Å². The van der Waals surface area contributed by atoms with E-state index in [1.807, 2.05) is 38.1 Å². The number of hydrogen-bond acceptors (Lipinski definition) is 4. The Labute approximate surface area is 168 Å². The van der Waals surface area contributed by atoms with Gasteiger partial charge in [0, 0.05) is 23.3 Å². The summed E-state index contributed by atoms with van der Waals surface area (Å²) in [5, 5.41) is 3.04. The van der Waals surface area contributed by atoms with E-state index in [4.69, 9.17) is 16.3 Å². The first-order valence-electron chi connectivity index (χ1n) is 8.74. The second kappa shape index (κ2) is 8.27. The molecule has 0 saturated carbocycles. The summed E-state index contributed by atoms with van der Waals surface area (Å²) in [5.74, 6) is -0.711. The number of hydrogen-bond donors (Lipinski definition) is 1. The summed E-state index contributed by atoms with van der Waals surface area (Å²) in [5.41, 5.74) is 3.54. The first-order chi connectivity index (χ1) is 13.3. The number of halogens is 1. The van der Waals surface area contributed by atoms with E-state index in [1.54, 1.807) is 24.3 Å². The summed E-state index contributed by atoms with van der Waals surface area (Å²) in [6.45, 7) is 5.54. The highest BCUT2D eigenvalue weighted by atomic mass is 35.5. The Hall–Kier alpha value is -3.12. The van der Waals surface area contributed by atoms with E-state index in [1.165, 1.54) is 13.1 Å². The van der Waals surface area contributed by atoms with Crippen molar-refractivity contribution in [3.63, 3.8) is 0 Å². The Morgan fingerprint density at radius 3 is 2.25 bits per heavy atom. The third-order valence-corrected chi connectivity index (χ3v) is 4.49. The van der Waals surface area contributed by atoms with Gasteiger partial charge in [-0.3, -0.25) is 4.79 Å². The fourth-order valence-electron chi connectivity index (χ4n) is 2.78. The third-order valence-electron chi connectivity index (χ3n) is 4.26. The number of esters is 1. The predicted molar refractivity (Wildman–Crippen MR) is 108 cm³/mol. The van der Waals surface area contributed by atoms with Crippen LogP contribution in [0.15, 0.2) is 54.7 Å². The fourth-order valence-corrected chi connectivity index (χ4v) is 2.89. The summed E-state index contributed by atoms with van der Waals surface area (Å²) in [7, 11) is 0. The number of ether oxygens (including phenoxy) is 1. The molecular formula is C21H20ClN3O3. The maximum atomic E-state index is 12.3. The number of aromatic nitrogens is 2. The lowest BCUT2D eigenvalue weighted by molar-refractivity contribution is -0.123. The summed E-state index contributed by atoms with van der Waals surface area (Å²) >= 11 is 5.76. The van der Waals surface area contributed by atoms with E-state index in [2.05, 4.69) is 14.9 Å². The first kappa shape index (κ1) is 19.6. The molecule has 144 valence electrons. The minimum atomic E-state index is -0.974. The zero-order valence-corrected chi connectivity index (χ0v) is 16.5. The molecule has 1 aromatic carbocycles. The molecule has 2 aromatic heterocycles. The van der Waals surface area contributed by atoms with Crippen LogP contribution in [0.4, 0.5) is 5.82 Å². The van der Waals surface area contributed by atoms with Gasteiger partial charge in [0.25, 0.3) is 5.91 Å². The molecule has 0 saturated heterocycles. The lowest BCUT2D eigenvalue weighted by atomic mass is 10.2. The van der Waals surface area contributed by atoms with Gasteiger partial charge in [0.2, 0.25) is 0 Å². The number of nitrogens with one attached hydrogen (secondary N) is 1. The van der Waals surface area contributed by atoms with Gasteiger partial charge in [-0.2, -0.15) is 0 Å². The molecule has 2 heterocycles. The molecule has 0 radical (unpaired) electrons. The van der Waals surface area contributed by atoms with E-state index in [0.717, 1.165) is 17.1 Å². The van der Waals surface area contributed by atoms with Crippen molar-refractivity contribution in [3.05, 3.63) is 76.7 Å². The molecule has 0 spiro atoms. The lowest BCUT2D eigenvalue weighted by Crippen LogP contribution is -2.30. The van der Waals surface area contributed by atoms with Crippen molar-refractivity contribution in [2.75, 3.05) is 5.32 Å². The zero-order chi connectivity index (χ0) is 20.3. The van der Waals surface area contributed by atoms with Crippen LogP contribution in [0.3, 0.4) is 0 Å². The van der Waals surface area contributed by atoms with Crippen molar-refractivity contribution in [1.29, 1.82) is 0 Å². The highest BCUT2D eigenvalue weighted by Crippen LogP contribution is 2.17. The number of nitrogens with zero attached hydrogens (tertiary/aromatic N) is 2. The summed E-state index contributed by atoms with van der Waals surface area (Å²) in [6.07, 6.45) is 0.447. The number of carbonyl (C=O) groups excluding carboxylic acids is 2. The smallest absolute Gasteiger partial charge is 0.338 e. The molecule has 28 heavy (non-hydrogen) atoms. The highest BCUT2D eigenvalue weighted by molar-refractivity contribution is 6.30. The molecule has 0 fully saturated rings. The van der Waals surface area contributed by atoms with Crippen molar-refractivity contribution in [2.45, 2.75) is 26.9 Å². The molecule has 0 aliphatic rings. The first-order valence-corrected chi connectivity index (χ1v) is 9.12. The normalized spacial score (nSPS) is 11.7. The van der Waals surface area contributed by atoms with Crippen LogP contribution < -0.4 is 5.32 Å². The molecule has 0 unspecified atom stereocenters. The maximum Gasteiger partial charge on any atom is 0.338 e. The molecule has 0 bridgehead atoms. The number of anilines is 1. The minimum Gasteiger partial charge on any atom is -0.449 e. The Morgan fingerprint density at radius 1 is 1.04 bits per heavy atom. The molecule has 3 rings (SSSR count). The number of pyridine rings is 1. The second-order valence-corrected chi connectivity index (χ2v) is 6.83. The minimum absolute atomic E-state index is 0.333. The molecule has 0 aliphatic carbocycles. The Balaban J connectivity index is 1.63. The third kappa shape index (κ3) is 4.40. The Kier molecular flexibility index (Phi) is 5.80. The Morgan fingerprint density at radius 2 is 1.68 bits per heavy atom. The Bertz CT molecular complexity index is 975. The van der Waals surface area contributed by atoms with Crippen LogP contribution in [-0.4, -0.2) is 27.5 Å². The number of aryl methyl sites for hydroxylation is 2. The lowest BCUT2D eigenvalue weighted by Gasteiger charge is -2.14. The topological polar surface area (TPSA) is 73.2 Å². The van der Waals surface area contributed by atoms with Gasteiger partial charge in [0.1, 0.15) is 5.82 Å². The van der Waals surface area contributed by atoms with Gasteiger partial charge in [-0.15, -0.1) is 0 Å². The number of rotatable bonds is 5. The van der Waals surface area contributed by atoms with E-state index >= 15 is 0 Å². The highest BCUT2D eigenvalue weighted by Gasteiger charge is 2.19.